The molecule has 1 heterocycles. The van der Waals surface area contributed by atoms with Crippen LogP contribution < -0.4 is 10.1 Å². The smallest absolute Gasteiger partial charge is 0.178 e. The molecule has 0 unspecified atom stereocenters. The fourth-order valence-corrected chi connectivity index (χ4v) is 4.06. The minimum absolute atomic E-state index is 0.373. The fraction of sp³-hybridized carbons (Fsp3) is 0.500. The number of Topliss-reactive ketones (excluding diaryl/α,β-unsaturated/α-hetero) is 1. The lowest BCUT2D eigenvalue weighted by molar-refractivity contribution is 0.102. The summed E-state index contributed by atoms with van der Waals surface area (Å²) in [5.74, 6) is -0.247. The van der Waals surface area contributed by atoms with Gasteiger partial charge >= 0.3 is 0 Å². The topological polar surface area (TPSA) is 72.5 Å². The number of methoxy groups -OCH3 is 1. The number of carbonyl (C=O) groups is 1. The molecule has 0 atom stereocenters. The zero-order valence-electron chi connectivity index (χ0n) is 11.5. The molecular weight excluding hydrogens is 278 g/mol. The Bertz CT molecular complexity index is 577. The highest BCUT2D eigenvalue weighted by molar-refractivity contribution is 7.92. The van der Waals surface area contributed by atoms with Crippen LogP contribution in [0.1, 0.15) is 23.2 Å². The van der Waals surface area contributed by atoms with E-state index in [9.17, 15) is 13.2 Å². The lowest BCUT2D eigenvalue weighted by Crippen LogP contribution is -2.38. The largest absolute Gasteiger partial charge is 0.497 e. The standard InChI is InChI=1S/C14H19NO4S/c1-19-12-4-2-3-11(9-12)14(16)10-20(17,18)13-5-7-15-8-6-13/h2-4,9,13,15H,5-8,10H2,1H3. The van der Waals surface area contributed by atoms with Crippen LogP contribution in [0, 0.1) is 0 Å². The molecule has 5 nitrogen and oxygen atoms in total. The molecule has 6 heteroatoms. The van der Waals surface area contributed by atoms with Gasteiger partial charge in [-0.15, -0.1) is 0 Å². The summed E-state index contributed by atoms with van der Waals surface area (Å²) < 4.78 is 29.5. The molecule has 0 aliphatic carbocycles. The number of rotatable bonds is 5. The number of benzene rings is 1. The first-order chi connectivity index (χ1) is 9.53. The zero-order valence-corrected chi connectivity index (χ0v) is 12.3. The van der Waals surface area contributed by atoms with Crippen LogP contribution in [0.4, 0.5) is 0 Å². The van der Waals surface area contributed by atoms with Crippen molar-refractivity contribution in [2.45, 2.75) is 18.1 Å². The number of hydrogen-bond acceptors (Lipinski definition) is 5. The van der Waals surface area contributed by atoms with E-state index in [1.165, 1.54) is 7.11 Å². The molecule has 0 aromatic heterocycles. The monoisotopic (exact) mass is 297 g/mol. The predicted octanol–water partition coefficient (Wildman–Crippen LogP) is 1.04. The third kappa shape index (κ3) is 3.58. The van der Waals surface area contributed by atoms with Crippen LogP contribution in [0.25, 0.3) is 0 Å². The average Bonchev–Trinajstić information content (AvgIpc) is 2.48. The van der Waals surface area contributed by atoms with Crippen molar-refractivity contribution in [2.24, 2.45) is 0 Å². The third-order valence-electron chi connectivity index (χ3n) is 3.52. The van der Waals surface area contributed by atoms with E-state index in [0.717, 1.165) is 0 Å². The SMILES string of the molecule is COc1cccc(C(=O)CS(=O)(=O)C2CCNCC2)c1. The lowest BCUT2D eigenvalue weighted by atomic mass is 10.1. The van der Waals surface area contributed by atoms with Crippen molar-refractivity contribution in [1.82, 2.24) is 5.32 Å². The third-order valence-corrected chi connectivity index (χ3v) is 5.67. The number of ether oxygens (including phenoxy) is 1. The Morgan fingerprint density at radius 3 is 2.70 bits per heavy atom. The maximum Gasteiger partial charge on any atom is 0.178 e. The van der Waals surface area contributed by atoms with Crippen molar-refractivity contribution in [1.29, 1.82) is 0 Å². The number of nitrogens with one attached hydrogen (secondary N) is 1. The van der Waals surface area contributed by atoms with Gasteiger partial charge in [-0.25, -0.2) is 8.42 Å². The lowest BCUT2D eigenvalue weighted by Gasteiger charge is -2.22. The fourth-order valence-electron chi connectivity index (χ4n) is 2.33. The molecule has 1 saturated heterocycles. The van der Waals surface area contributed by atoms with Gasteiger partial charge in [0.25, 0.3) is 0 Å². The highest BCUT2D eigenvalue weighted by Crippen LogP contribution is 2.18. The van der Waals surface area contributed by atoms with E-state index in [0.29, 0.717) is 37.2 Å². The Balaban J connectivity index is 2.09. The van der Waals surface area contributed by atoms with Gasteiger partial charge in [0.2, 0.25) is 0 Å². The van der Waals surface area contributed by atoms with E-state index in [2.05, 4.69) is 5.32 Å². The van der Waals surface area contributed by atoms with Crippen molar-refractivity contribution >= 4 is 15.6 Å². The number of ketones is 1. The van der Waals surface area contributed by atoms with E-state index in [-0.39, 0.29) is 5.78 Å². The molecule has 1 aliphatic heterocycles. The first kappa shape index (κ1) is 15.0. The first-order valence-corrected chi connectivity index (χ1v) is 8.34. The molecule has 0 radical (unpaired) electrons. The van der Waals surface area contributed by atoms with Crippen molar-refractivity contribution in [3.63, 3.8) is 0 Å². The molecular formula is C14H19NO4S. The molecule has 2 rings (SSSR count). The van der Waals surface area contributed by atoms with Crippen LogP contribution in [-0.2, 0) is 9.84 Å². The number of piperidine rings is 1. The van der Waals surface area contributed by atoms with E-state index in [1.807, 2.05) is 0 Å². The van der Waals surface area contributed by atoms with Gasteiger partial charge in [-0.05, 0) is 38.1 Å². The molecule has 1 aromatic carbocycles. The zero-order chi connectivity index (χ0) is 14.6. The molecule has 0 saturated carbocycles. The summed E-state index contributed by atoms with van der Waals surface area (Å²) >= 11 is 0. The Morgan fingerprint density at radius 1 is 1.35 bits per heavy atom. The number of sulfone groups is 1. The highest BCUT2D eigenvalue weighted by atomic mass is 32.2. The number of carbonyl (C=O) groups excluding carboxylic acids is 1. The second-order valence-electron chi connectivity index (χ2n) is 4.91. The van der Waals surface area contributed by atoms with Gasteiger partial charge in [0, 0.05) is 5.56 Å². The molecule has 0 spiro atoms. The van der Waals surface area contributed by atoms with Crippen LogP contribution in [0.3, 0.4) is 0 Å². The first-order valence-electron chi connectivity index (χ1n) is 6.62. The molecule has 1 fully saturated rings. The van der Waals surface area contributed by atoms with Gasteiger partial charge in [0.05, 0.1) is 12.4 Å². The van der Waals surface area contributed by atoms with Crippen LogP contribution in [0.5, 0.6) is 5.75 Å². The minimum Gasteiger partial charge on any atom is -0.497 e. The van der Waals surface area contributed by atoms with Crippen molar-refractivity contribution in [3.05, 3.63) is 29.8 Å². The van der Waals surface area contributed by atoms with E-state index in [1.54, 1.807) is 24.3 Å². The maximum atomic E-state index is 12.2. The summed E-state index contributed by atoms with van der Waals surface area (Å²) in [5.41, 5.74) is 0.377. The van der Waals surface area contributed by atoms with Gasteiger partial charge < -0.3 is 10.1 Å². The Hall–Kier alpha value is -1.40. The number of hydrogen-bond donors (Lipinski definition) is 1. The van der Waals surface area contributed by atoms with Crippen LogP contribution in [0.2, 0.25) is 0 Å². The molecule has 20 heavy (non-hydrogen) atoms. The van der Waals surface area contributed by atoms with Gasteiger partial charge in [0.15, 0.2) is 15.6 Å². The maximum absolute atomic E-state index is 12.2. The summed E-state index contributed by atoms with van der Waals surface area (Å²) in [4.78, 5) is 12.1. The Kier molecular flexibility index (Phi) is 4.77. The molecule has 1 N–H and O–H groups in total. The Labute approximate surface area is 119 Å². The molecule has 0 bridgehead atoms. The van der Waals surface area contributed by atoms with Gasteiger partial charge in [-0.3, -0.25) is 4.79 Å². The van der Waals surface area contributed by atoms with Crippen molar-refractivity contribution in [3.8, 4) is 5.75 Å². The van der Waals surface area contributed by atoms with E-state index in [4.69, 9.17) is 4.74 Å². The van der Waals surface area contributed by atoms with Gasteiger partial charge in [-0.1, -0.05) is 12.1 Å². The normalized spacial score (nSPS) is 16.9. The average molecular weight is 297 g/mol. The molecule has 1 aliphatic rings. The summed E-state index contributed by atoms with van der Waals surface area (Å²) in [6, 6.07) is 6.59. The second-order valence-corrected chi connectivity index (χ2v) is 7.19. The van der Waals surface area contributed by atoms with Crippen LogP contribution in [0.15, 0.2) is 24.3 Å². The summed E-state index contributed by atoms with van der Waals surface area (Å²) in [6.07, 6.45) is 1.15. The molecule has 1 aromatic rings. The van der Waals surface area contributed by atoms with E-state index < -0.39 is 20.8 Å². The molecule has 110 valence electrons. The van der Waals surface area contributed by atoms with Gasteiger partial charge in [-0.2, -0.15) is 0 Å². The quantitative estimate of drug-likeness (QED) is 0.822. The minimum atomic E-state index is -3.38. The van der Waals surface area contributed by atoms with Crippen LogP contribution in [-0.4, -0.2) is 45.4 Å². The van der Waals surface area contributed by atoms with Gasteiger partial charge in [0.1, 0.15) is 11.5 Å². The van der Waals surface area contributed by atoms with E-state index >= 15 is 0 Å². The Morgan fingerprint density at radius 2 is 2.05 bits per heavy atom. The second kappa shape index (κ2) is 6.37. The van der Waals surface area contributed by atoms with Crippen molar-refractivity contribution in [2.75, 3.05) is 26.0 Å². The summed E-state index contributed by atoms with van der Waals surface area (Å²) in [5, 5.41) is 2.72. The summed E-state index contributed by atoms with van der Waals surface area (Å²) in [6.45, 7) is 1.38. The van der Waals surface area contributed by atoms with Crippen molar-refractivity contribution < 1.29 is 17.9 Å². The summed E-state index contributed by atoms with van der Waals surface area (Å²) in [7, 11) is -1.87. The highest BCUT2D eigenvalue weighted by Gasteiger charge is 2.29. The predicted molar refractivity (Wildman–Crippen MR) is 77.0 cm³/mol. The molecule has 0 amide bonds. The van der Waals surface area contributed by atoms with Crippen LogP contribution >= 0.6 is 0 Å².